The van der Waals surface area contributed by atoms with Crippen molar-refractivity contribution in [3.05, 3.63) is 64.7 Å². The molecule has 0 aliphatic carbocycles. The molecule has 0 aliphatic heterocycles. The molecule has 0 fully saturated rings. The first-order valence-electron chi connectivity index (χ1n) is 5.89. The highest BCUT2D eigenvalue weighted by atomic mass is 35.5. The molecule has 2 rings (SSSR count). The number of hydrogen-bond donors (Lipinski definition) is 2. The lowest BCUT2D eigenvalue weighted by molar-refractivity contribution is 0.264. The molecule has 6 heteroatoms. The van der Waals surface area contributed by atoms with E-state index in [0.29, 0.717) is 10.8 Å². The second-order valence-electron chi connectivity index (χ2n) is 4.15. The molecule has 0 saturated heterocycles. The Labute approximate surface area is 120 Å². The lowest BCUT2D eigenvalue weighted by Crippen LogP contribution is -2.33. The van der Waals surface area contributed by atoms with Crippen molar-refractivity contribution in [3.63, 3.8) is 0 Å². The Balaban J connectivity index is 2.09. The Morgan fingerprint density at radius 2 is 2.00 bits per heavy atom. The normalized spacial score (nSPS) is 12.2. The average molecular weight is 299 g/mol. The molecule has 0 saturated carbocycles. The molecule has 3 N–H and O–H groups in total. The predicted molar refractivity (Wildman–Crippen MR) is 73.4 cm³/mol. The standard InChI is InChI=1S/C14H13ClF2N2O/c15-9-2-1-3-11(6-9)20-8-14(19-18)12-5-4-10(16)7-13(12)17/h1-7,14,19H,8,18H2. The van der Waals surface area contributed by atoms with Crippen LogP contribution in [0.5, 0.6) is 5.75 Å². The molecule has 106 valence electrons. The summed E-state index contributed by atoms with van der Waals surface area (Å²) in [5.74, 6) is 4.61. The molecule has 2 aromatic rings. The monoisotopic (exact) mass is 298 g/mol. The van der Waals surface area contributed by atoms with Crippen molar-refractivity contribution in [2.24, 2.45) is 5.84 Å². The third-order valence-electron chi connectivity index (χ3n) is 2.75. The van der Waals surface area contributed by atoms with Gasteiger partial charge in [0.1, 0.15) is 24.0 Å². The number of ether oxygens (including phenoxy) is 1. The van der Waals surface area contributed by atoms with E-state index < -0.39 is 17.7 Å². The van der Waals surface area contributed by atoms with Crippen LogP contribution in [0.1, 0.15) is 11.6 Å². The van der Waals surface area contributed by atoms with Crippen molar-refractivity contribution in [1.82, 2.24) is 5.43 Å². The lowest BCUT2D eigenvalue weighted by atomic mass is 10.1. The van der Waals surface area contributed by atoms with Crippen LogP contribution in [0.2, 0.25) is 5.02 Å². The number of benzene rings is 2. The van der Waals surface area contributed by atoms with Crippen LogP contribution in [0.4, 0.5) is 8.78 Å². The van der Waals surface area contributed by atoms with Crippen LogP contribution in [0.3, 0.4) is 0 Å². The van der Waals surface area contributed by atoms with Crippen molar-refractivity contribution in [2.45, 2.75) is 6.04 Å². The fourth-order valence-corrected chi connectivity index (χ4v) is 1.93. The van der Waals surface area contributed by atoms with Crippen LogP contribution in [0, 0.1) is 11.6 Å². The Morgan fingerprint density at radius 1 is 1.20 bits per heavy atom. The van der Waals surface area contributed by atoms with Crippen LogP contribution in [0.15, 0.2) is 42.5 Å². The molecule has 0 bridgehead atoms. The van der Waals surface area contributed by atoms with Crippen molar-refractivity contribution in [2.75, 3.05) is 6.61 Å². The largest absolute Gasteiger partial charge is 0.491 e. The zero-order chi connectivity index (χ0) is 14.5. The zero-order valence-electron chi connectivity index (χ0n) is 10.4. The highest BCUT2D eigenvalue weighted by Gasteiger charge is 2.16. The quantitative estimate of drug-likeness (QED) is 0.658. The number of halogens is 3. The maximum Gasteiger partial charge on any atom is 0.131 e. The number of nitrogens with one attached hydrogen (secondary N) is 1. The summed E-state index contributed by atoms with van der Waals surface area (Å²) in [6.07, 6.45) is 0. The first-order chi connectivity index (χ1) is 9.60. The van der Waals surface area contributed by atoms with Crippen LogP contribution in [0.25, 0.3) is 0 Å². The highest BCUT2D eigenvalue weighted by Crippen LogP contribution is 2.21. The van der Waals surface area contributed by atoms with E-state index in [9.17, 15) is 8.78 Å². The molecule has 0 aliphatic rings. The van der Waals surface area contributed by atoms with E-state index in [1.165, 1.54) is 12.1 Å². The van der Waals surface area contributed by atoms with Gasteiger partial charge in [0.05, 0.1) is 6.04 Å². The van der Waals surface area contributed by atoms with Crippen molar-refractivity contribution < 1.29 is 13.5 Å². The highest BCUT2D eigenvalue weighted by molar-refractivity contribution is 6.30. The van der Waals surface area contributed by atoms with E-state index >= 15 is 0 Å². The summed E-state index contributed by atoms with van der Waals surface area (Å²) in [7, 11) is 0. The first kappa shape index (κ1) is 14.7. The van der Waals surface area contributed by atoms with Gasteiger partial charge >= 0.3 is 0 Å². The van der Waals surface area contributed by atoms with E-state index in [2.05, 4.69) is 5.43 Å². The average Bonchev–Trinajstić information content (AvgIpc) is 2.41. The van der Waals surface area contributed by atoms with Crippen molar-refractivity contribution in [1.29, 1.82) is 0 Å². The summed E-state index contributed by atoms with van der Waals surface area (Å²) >= 11 is 5.83. The predicted octanol–water partition coefficient (Wildman–Crippen LogP) is 3.20. The van der Waals surface area contributed by atoms with Crippen LogP contribution in [-0.2, 0) is 0 Å². The van der Waals surface area contributed by atoms with Gasteiger partial charge in [0, 0.05) is 16.7 Å². The second kappa shape index (κ2) is 6.65. The summed E-state index contributed by atoms with van der Waals surface area (Å²) in [6, 6.07) is 9.51. The van der Waals surface area contributed by atoms with E-state index in [4.69, 9.17) is 22.2 Å². The van der Waals surface area contributed by atoms with Gasteiger partial charge in [-0.05, 0) is 24.3 Å². The summed E-state index contributed by atoms with van der Waals surface area (Å²) in [5.41, 5.74) is 2.68. The van der Waals surface area contributed by atoms with Gasteiger partial charge in [-0.25, -0.2) is 14.2 Å². The minimum absolute atomic E-state index is 0.0827. The third kappa shape index (κ3) is 3.66. The topological polar surface area (TPSA) is 47.3 Å². The first-order valence-corrected chi connectivity index (χ1v) is 6.27. The molecule has 20 heavy (non-hydrogen) atoms. The van der Waals surface area contributed by atoms with Gasteiger partial charge in [0.25, 0.3) is 0 Å². The summed E-state index contributed by atoms with van der Waals surface area (Å²) in [5, 5.41) is 0.535. The van der Waals surface area contributed by atoms with E-state index in [-0.39, 0.29) is 12.2 Å². The molecular formula is C14H13ClF2N2O. The zero-order valence-corrected chi connectivity index (χ0v) is 11.2. The second-order valence-corrected chi connectivity index (χ2v) is 4.59. The minimum Gasteiger partial charge on any atom is -0.491 e. The molecule has 2 aromatic carbocycles. The molecule has 0 heterocycles. The van der Waals surface area contributed by atoms with Gasteiger partial charge in [-0.15, -0.1) is 0 Å². The fraction of sp³-hybridized carbons (Fsp3) is 0.143. The van der Waals surface area contributed by atoms with Crippen molar-refractivity contribution in [3.8, 4) is 5.75 Å². The minimum atomic E-state index is -0.678. The SMILES string of the molecule is NNC(COc1cccc(Cl)c1)c1ccc(F)cc1F. The van der Waals surface area contributed by atoms with Crippen LogP contribution >= 0.6 is 11.6 Å². The molecule has 0 spiro atoms. The third-order valence-corrected chi connectivity index (χ3v) is 2.99. The summed E-state index contributed by atoms with van der Waals surface area (Å²) in [6.45, 7) is 0.0827. The lowest BCUT2D eigenvalue weighted by Gasteiger charge is -2.18. The smallest absolute Gasteiger partial charge is 0.131 e. The van der Waals surface area contributed by atoms with Crippen molar-refractivity contribution >= 4 is 11.6 Å². The molecule has 0 radical (unpaired) electrons. The number of hydrogen-bond acceptors (Lipinski definition) is 3. The summed E-state index contributed by atoms with van der Waals surface area (Å²) in [4.78, 5) is 0. The van der Waals surface area contributed by atoms with E-state index in [1.54, 1.807) is 24.3 Å². The Hall–Kier alpha value is -1.69. The number of nitrogens with two attached hydrogens (primary N) is 1. The Morgan fingerprint density at radius 3 is 2.65 bits per heavy atom. The number of rotatable bonds is 5. The van der Waals surface area contributed by atoms with Crippen LogP contribution < -0.4 is 16.0 Å². The molecule has 3 nitrogen and oxygen atoms in total. The van der Waals surface area contributed by atoms with E-state index in [1.807, 2.05) is 0 Å². The van der Waals surface area contributed by atoms with Gasteiger partial charge in [-0.3, -0.25) is 5.84 Å². The molecular weight excluding hydrogens is 286 g/mol. The van der Waals surface area contributed by atoms with Gasteiger partial charge in [-0.2, -0.15) is 0 Å². The summed E-state index contributed by atoms with van der Waals surface area (Å²) < 4.78 is 32.0. The van der Waals surface area contributed by atoms with Gasteiger partial charge < -0.3 is 4.74 Å². The molecule has 0 aromatic heterocycles. The maximum absolute atomic E-state index is 13.7. The van der Waals surface area contributed by atoms with Gasteiger partial charge in [0.15, 0.2) is 0 Å². The van der Waals surface area contributed by atoms with E-state index in [0.717, 1.165) is 6.07 Å². The Kier molecular flexibility index (Phi) is 4.89. The molecule has 1 atom stereocenters. The fourth-order valence-electron chi connectivity index (χ4n) is 1.75. The van der Waals surface area contributed by atoms with Crippen LogP contribution in [-0.4, -0.2) is 6.61 Å². The van der Waals surface area contributed by atoms with Gasteiger partial charge in [0.2, 0.25) is 0 Å². The maximum atomic E-state index is 13.7. The molecule has 1 unspecified atom stereocenters. The number of hydrazine groups is 1. The van der Waals surface area contributed by atoms with Gasteiger partial charge in [-0.1, -0.05) is 23.7 Å². The molecule has 0 amide bonds. The Bertz CT molecular complexity index is 595.